The SMILES string of the molecule is Cc1ccc2c3c1O[C@H]1C(c4ccccc4)=N[C@@H](c4ccccc41)c3c(-c1ccccc1)n2S(C)(=O)=O. The van der Waals surface area contributed by atoms with Gasteiger partial charge in [-0.3, -0.25) is 4.99 Å². The normalized spacial score (nSPS) is 18.1. The van der Waals surface area contributed by atoms with E-state index in [0.29, 0.717) is 17.0 Å². The fourth-order valence-corrected chi connectivity index (χ4v) is 6.84. The van der Waals surface area contributed by atoms with Gasteiger partial charge in [0.2, 0.25) is 10.0 Å². The number of aryl methyl sites for hydroxylation is 1. The Balaban J connectivity index is 1.69. The minimum Gasteiger partial charge on any atom is -0.478 e. The Morgan fingerprint density at radius 2 is 1.41 bits per heavy atom. The van der Waals surface area contributed by atoms with Crippen molar-refractivity contribution in [2.24, 2.45) is 4.99 Å². The molecule has 4 heterocycles. The molecule has 6 heteroatoms. The second kappa shape index (κ2) is 7.92. The molecule has 1 aromatic heterocycles. The van der Waals surface area contributed by atoms with E-state index in [9.17, 15) is 8.42 Å². The lowest BCUT2D eigenvalue weighted by atomic mass is 9.82. The van der Waals surface area contributed by atoms with Gasteiger partial charge < -0.3 is 4.74 Å². The summed E-state index contributed by atoms with van der Waals surface area (Å²) in [6.45, 7) is 2.01. The minimum absolute atomic E-state index is 0.396. The van der Waals surface area contributed by atoms with E-state index in [0.717, 1.165) is 44.5 Å². The molecule has 4 aromatic carbocycles. The van der Waals surface area contributed by atoms with Crippen LogP contribution in [0, 0.1) is 6.92 Å². The van der Waals surface area contributed by atoms with Crippen LogP contribution in [0.1, 0.15) is 40.0 Å². The first-order valence-electron chi connectivity index (χ1n) is 12.3. The van der Waals surface area contributed by atoms with Crippen molar-refractivity contribution in [2.75, 3.05) is 6.26 Å². The van der Waals surface area contributed by atoms with Crippen molar-refractivity contribution in [3.8, 4) is 17.0 Å². The zero-order chi connectivity index (χ0) is 25.3. The Bertz CT molecular complexity index is 1840. The molecule has 0 spiro atoms. The van der Waals surface area contributed by atoms with E-state index >= 15 is 0 Å². The van der Waals surface area contributed by atoms with Gasteiger partial charge in [-0.25, -0.2) is 12.4 Å². The van der Waals surface area contributed by atoms with Crippen molar-refractivity contribution < 1.29 is 13.2 Å². The minimum atomic E-state index is -3.67. The topological polar surface area (TPSA) is 60.7 Å². The van der Waals surface area contributed by atoms with Crippen molar-refractivity contribution in [1.29, 1.82) is 0 Å². The average Bonchev–Trinajstić information content (AvgIpc) is 3.25. The van der Waals surface area contributed by atoms with Crippen molar-refractivity contribution in [3.63, 3.8) is 0 Å². The zero-order valence-electron chi connectivity index (χ0n) is 20.4. The Kier molecular flexibility index (Phi) is 4.72. The summed E-state index contributed by atoms with van der Waals surface area (Å²) in [4.78, 5) is 5.33. The molecule has 0 saturated heterocycles. The Morgan fingerprint density at radius 1 is 0.784 bits per heavy atom. The smallest absolute Gasteiger partial charge is 0.236 e. The average molecular weight is 505 g/mol. The summed E-state index contributed by atoms with van der Waals surface area (Å²) in [6, 6.07) is 31.5. The van der Waals surface area contributed by atoms with Crippen molar-refractivity contribution in [3.05, 3.63) is 125 Å². The third-order valence-electron chi connectivity index (χ3n) is 7.33. The quantitative estimate of drug-likeness (QED) is 0.284. The molecule has 0 fully saturated rings. The summed E-state index contributed by atoms with van der Waals surface area (Å²) in [6.07, 6.45) is 0.848. The van der Waals surface area contributed by atoms with E-state index in [4.69, 9.17) is 9.73 Å². The van der Waals surface area contributed by atoms with Gasteiger partial charge in [0.15, 0.2) is 6.10 Å². The molecule has 8 rings (SSSR count). The Hall–Kier alpha value is -4.16. The highest BCUT2D eigenvalue weighted by Crippen LogP contribution is 2.52. The first-order chi connectivity index (χ1) is 17.9. The molecule has 37 heavy (non-hydrogen) atoms. The highest BCUT2D eigenvalue weighted by atomic mass is 32.2. The van der Waals surface area contributed by atoms with Crippen LogP contribution >= 0.6 is 0 Å². The molecule has 3 aliphatic heterocycles. The van der Waals surface area contributed by atoms with Crippen LogP contribution in [0.4, 0.5) is 0 Å². The molecule has 2 atom stereocenters. The second-order valence-electron chi connectivity index (χ2n) is 9.67. The van der Waals surface area contributed by atoms with Crippen LogP contribution in [0.2, 0.25) is 0 Å². The lowest BCUT2D eigenvalue weighted by Crippen LogP contribution is -2.29. The van der Waals surface area contributed by atoms with Crippen LogP contribution in [0.15, 0.2) is 102 Å². The predicted molar refractivity (Wildman–Crippen MR) is 147 cm³/mol. The van der Waals surface area contributed by atoms with Gasteiger partial charge in [0.25, 0.3) is 0 Å². The van der Waals surface area contributed by atoms with Gasteiger partial charge in [-0.1, -0.05) is 91.0 Å². The van der Waals surface area contributed by atoms with Gasteiger partial charge in [-0.15, -0.1) is 0 Å². The maximum Gasteiger partial charge on any atom is 0.236 e. The summed E-state index contributed by atoms with van der Waals surface area (Å²) in [7, 11) is -3.67. The molecular weight excluding hydrogens is 480 g/mol. The maximum absolute atomic E-state index is 13.4. The molecular formula is C31H24N2O3S. The van der Waals surface area contributed by atoms with E-state index in [1.807, 2.05) is 79.7 Å². The van der Waals surface area contributed by atoms with Crippen LogP contribution in [-0.2, 0) is 10.0 Å². The van der Waals surface area contributed by atoms with Crippen LogP contribution < -0.4 is 4.74 Å². The van der Waals surface area contributed by atoms with Crippen LogP contribution in [0.5, 0.6) is 5.75 Å². The molecule has 5 nitrogen and oxygen atoms in total. The highest BCUT2D eigenvalue weighted by molar-refractivity contribution is 7.89. The number of benzene rings is 4. The standard InChI is InChI=1S/C31H24N2O3S/c1-19-17-18-24-25-26(29(33(24)37(2,34)35)21-13-7-4-8-14-21)28-22-15-9-10-16-23(22)31(36-30(19)25)27(32-28)20-11-5-3-6-12-20/h3-18,28,31H,1-2H3/t28-,31+/m0/s1. The van der Waals surface area contributed by atoms with E-state index in [2.05, 4.69) is 24.3 Å². The molecule has 0 amide bonds. The predicted octanol–water partition coefficient (Wildman–Crippen LogP) is 6.45. The van der Waals surface area contributed by atoms with Crippen LogP contribution in [0.25, 0.3) is 22.2 Å². The van der Waals surface area contributed by atoms with Crippen LogP contribution in [0.3, 0.4) is 0 Å². The Morgan fingerprint density at radius 3 is 2.08 bits per heavy atom. The van der Waals surface area contributed by atoms with Gasteiger partial charge in [-0.2, -0.15) is 0 Å². The van der Waals surface area contributed by atoms with Gasteiger partial charge in [0, 0.05) is 16.5 Å². The third kappa shape index (κ3) is 3.22. The number of ether oxygens (including phenoxy) is 1. The molecule has 0 radical (unpaired) electrons. The second-order valence-corrected chi connectivity index (χ2v) is 11.5. The fraction of sp³-hybridized carbons (Fsp3) is 0.129. The molecule has 2 bridgehead atoms. The van der Waals surface area contributed by atoms with Crippen LogP contribution in [-0.4, -0.2) is 24.4 Å². The number of hydrogen-bond acceptors (Lipinski definition) is 4. The number of rotatable bonds is 3. The number of aromatic nitrogens is 1. The molecule has 0 N–H and O–H groups in total. The number of aliphatic imine (C=N–C) groups is 1. The van der Waals surface area contributed by atoms with Crippen molar-refractivity contribution in [2.45, 2.75) is 19.1 Å². The monoisotopic (exact) mass is 504 g/mol. The molecule has 3 aliphatic rings. The van der Waals surface area contributed by atoms with Gasteiger partial charge >= 0.3 is 0 Å². The molecule has 0 unspecified atom stereocenters. The maximum atomic E-state index is 13.4. The first kappa shape index (κ1) is 22.1. The van der Waals surface area contributed by atoms with Gasteiger partial charge in [0.1, 0.15) is 11.8 Å². The van der Waals surface area contributed by atoms with Gasteiger partial charge in [0.05, 0.1) is 23.2 Å². The lowest BCUT2D eigenvalue weighted by Gasteiger charge is -2.35. The summed E-state index contributed by atoms with van der Waals surface area (Å²) in [5.74, 6) is 0.708. The molecule has 182 valence electrons. The van der Waals surface area contributed by atoms with Gasteiger partial charge in [-0.05, 0) is 35.2 Å². The molecule has 5 aromatic rings. The third-order valence-corrected chi connectivity index (χ3v) is 8.37. The molecule has 0 saturated carbocycles. The first-order valence-corrected chi connectivity index (χ1v) is 14.1. The van der Waals surface area contributed by atoms with E-state index in [1.54, 1.807) is 0 Å². The largest absolute Gasteiger partial charge is 0.478 e. The summed E-state index contributed by atoms with van der Waals surface area (Å²) >= 11 is 0. The summed E-state index contributed by atoms with van der Waals surface area (Å²) in [5, 5.41) is 0.810. The number of nitrogens with zero attached hydrogens (tertiary/aromatic N) is 2. The van der Waals surface area contributed by atoms with Crippen molar-refractivity contribution in [1.82, 2.24) is 3.97 Å². The zero-order valence-corrected chi connectivity index (χ0v) is 21.2. The van der Waals surface area contributed by atoms with Crippen molar-refractivity contribution >= 4 is 26.6 Å². The van der Waals surface area contributed by atoms with E-state index in [-0.39, 0.29) is 0 Å². The van der Waals surface area contributed by atoms with E-state index < -0.39 is 22.2 Å². The Labute approximate surface area is 215 Å². The summed E-state index contributed by atoms with van der Waals surface area (Å²) < 4.78 is 35.1. The van der Waals surface area contributed by atoms with E-state index in [1.165, 1.54) is 10.2 Å². The summed E-state index contributed by atoms with van der Waals surface area (Å²) in [5.41, 5.74) is 7.78. The lowest BCUT2D eigenvalue weighted by molar-refractivity contribution is 0.268. The number of hydrogen-bond donors (Lipinski definition) is 0. The fourth-order valence-electron chi connectivity index (χ4n) is 5.80. The highest BCUT2D eigenvalue weighted by Gasteiger charge is 2.41. The molecule has 0 aliphatic carbocycles.